The molecule has 0 unspecified atom stereocenters. The van der Waals surface area contributed by atoms with Gasteiger partial charge < -0.3 is 14.2 Å². The molecule has 2 heterocycles. The van der Waals surface area contributed by atoms with Gasteiger partial charge >= 0.3 is 0 Å². The molecule has 6 rings (SSSR count). The predicted molar refractivity (Wildman–Crippen MR) is 152 cm³/mol. The molecule has 1 aromatic heterocycles. The molecule has 6 nitrogen and oxygen atoms in total. The molecule has 0 N–H and O–H groups in total. The summed E-state index contributed by atoms with van der Waals surface area (Å²) < 4.78 is 8.21. The molecule has 0 saturated carbocycles. The third kappa shape index (κ3) is 4.75. The molecule has 4 aromatic carbocycles. The number of fused-ring (bicyclic) bond motifs is 2. The van der Waals surface area contributed by atoms with Crippen LogP contribution in [0.4, 0.5) is 0 Å². The third-order valence-corrected chi connectivity index (χ3v) is 7.35. The number of hydrogen-bond donors (Lipinski definition) is 0. The number of carbonyl (C=O) groups is 1. The molecule has 0 bridgehead atoms. The van der Waals surface area contributed by atoms with Gasteiger partial charge in [-0.2, -0.15) is 0 Å². The lowest BCUT2D eigenvalue weighted by Gasteiger charge is -2.35. The molecule has 1 saturated heterocycles. The number of benzene rings is 4. The van der Waals surface area contributed by atoms with Crippen molar-refractivity contribution in [1.82, 2.24) is 19.4 Å². The largest absolute Gasteiger partial charge is 0.493 e. The zero-order valence-corrected chi connectivity index (χ0v) is 21.7. The Bertz CT molecular complexity index is 1570. The maximum atomic E-state index is 13.8. The first-order valence-electron chi connectivity index (χ1n) is 13.4. The fourth-order valence-corrected chi connectivity index (χ4v) is 5.40. The van der Waals surface area contributed by atoms with Gasteiger partial charge in [-0.1, -0.05) is 72.8 Å². The summed E-state index contributed by atoms with van der Waals surface area (Å²) in [7, 11) is 0. The maximum absolute atomic E-state index is 13.8. The van der Waals surface area contributed by atoms with Gasteiger partial charge in [0.05, 0.1) is 29.7 Å². The van der Waals surface area contributed by atoms with Gasteiger partial charge in [-0.3, -0.25) is 9.69 Å². The van der Waals surface area contributed by atoms with E-state index in [1.165, 1.54) is 5.56 Å². The summed E-state index contributed by atoms with van der Waals surface area (Å²) in [5.74, 6) is 1.76. The molecule has 0 radical (unpaired) electrons. The van der Waals surface area contributed by atoms with Crippen molar-refractivity contribution in [2.24, 2.45) is 0 Å². The Hall–Kier alpha value is -4.16. The summed E-state index contributed by atoms with van der Waals surface area (Å²) in [4.78, 5) is 23.1. The molecular formula is C32H32N4O2. The van der Waals surface area contributed by atoms with E-state index < -0.39 is 0 Å². The first-order valence-corrected chi connectivity index (χ1v) is 13.4. The Morgan fingerprint density at radius 3 is 2.37 bits per heavy atom. The molecule has 0 aliphatic carbocycles. The molecule has 5 aromatic rings. The van der Waals surface area contributed by atoms with Crippen LogP contribution in [0, 0.1) is 0 Å². The third-order valence-electron chi connectivity index (χ3n) is 7.35. The zero-order valence-electron chi connectivity index (χ0n) is 21.7. The van der Waals surface area contributed by atoms with Crippen molar-refractivity contribution < 1.29 is 9.53 Å². The second-order valence-electron chi connectivity index (χ2n) is 9.75. The molecule has 0 spiro atoms. The van der Waals surface area contributed by atoms with Crippen LogP contribution < -0.4 is 4.74 Å². The van der Waals surface area contributed by atoms with E-state index >= 15 is 0 Å². The molecular weight excluding hydrogens is 472 g/mol. The van der Waals surface area contributed by atoms with Crippen LogP contribution in [0.15, 0.2) is 91.0 Å². The van der Waals surface area contributed by atoms with Crippen LogP contribution in [0.1, 0.15) is 28.7 Å². The van der Waals surface area contributed by atoms with Gasteiger partial charge in [-0.15, -0.1) is 0 Å². The van der Waals surface area contributed by atoms with E-state index in [2.05, 4.69) is 51.9 Å². The molecule has 1 aliphatic rings. The number of ether oxygens (including phenoxy) is 1. The van der Waals surface area contributed by atoms with E-state index in [0.29, 0.717) is 31.0 Å². The van der Waals surface area contributed by atoms with Gasteiger partial charge in [0.25, 0.3) is 5.91 Å². The van der Waals surface area contributed by atoms with Crippen molar-refractivity contribution in [3.63, 3.8) is 0 Å². The lowest BCUT2D eigenvalue weighted by atomic mass is 10.0. The number of aromatic nitrogens is 2. The summed E-state index contributed by atoms with van der Waals surface area (Å²) in [6.45, 7) is 6.96. The van der Waals surface area contributed by atoms with E-state index in [4.69, 9.17) is 9.72 Å². The first kappa shape index (κ1) is 24.2. The molecule has 1 fully saturated rings. The van der Waals surface area contributed by atoms with Gasteiger partial charge in [-0.25, -0.2) is 4.98 Å². The highest BCUT2D eigenvalue weighted by Gasteiger charge is 2.27. The smallest absolute Gasteiger partial charge is 0.258 e. The van der Waals surface area contributed by atoms with E-state index in [9.17, 15) is 4.79 Å². The standard InChI is InChI=1S/C32H32N4O2/c1-2-38-29-17-16-25-12-6-7-13-26(25)31(29)32(37)35-20-18-34(19-21-35)23-30-33-27-14-8-9-15-28(27)36(30)22-24-10-4-3-5-11-24/h3-17H,2,18-23H2,1H3. The Morgan fingerprint density at radius 2 is 1.55 bits per heavy atom. The highest BCUT2D eigenvalue weighted by atomic mass is 16.5. The summed E-state index contributed by atoms with van der Waals surface area (Å²) in [6, 6.07) is 30.9. The second-order valence-corrected chi connectivity index (χ2v) is 9.75. The van der Waals surface area contributed by atoms with E-state index in [1.807, 2.05) is 60.4 Å². The molecule has 1 amide bonds. The van der Waals surface area contributed by atoms with Gasteiger partial charge in [0, 0.05) is 32.7 Å². The van der Waals surface area contributed by atoms with E-state index in [1.54, 1.807) is 0 Å². The zero-order chi connectivity index (χ0) is 25.9. The summed E-state index contributed by atoms with van der Waals surface area (Å²) in [5, 5.41) is 2.00. The number of piperazine rings is 1. The van der Waals surface area contributed by atoms with Gasteiger partial charge in [0.1, 0.15) is 11.6 Å². The first-order chi connectivity index (χ1) is 18.7. The number of imidazole rings is 1. The van der Waals surface area contributed by atoms with Gasteiger partial charge in [-0.05, 0) is 41.5 Å². The van der Waals surface area contributed by atoms with E-state index in [-0.39, 0.29) is 5.91 Å². The summed E-state index contributed by atoms with van der Waals surface area (Å²) in [6.07, 6.45) is 0. The second kappa shape index (κ2) is 10.7. The molecule has 0 atom stereocenters. The number of carbonyl (C=O) groups excluding carboxylic acids is 1. The average Bonchev–Trinajstić information content (AvgIpc) is 3.30. The fourth-order valence-electron chi connectivity index (χ4n) is 5.40. The van der Waals surface area contributed by atoms with Crippen LogP contribution in [-0.2, 0) is 13.1 Å². The summed E-state index contributed by atoms with van der Waals surface area (Å²) >= 11 is 0. The molecule has 6 heteroatoms. The van der Waals surface area contributed by atoms with Crippen molar-refractivity contribution in [2.45, 2.75) is 20.0 Å². The lowest BCUT2D eigenvalue weighted by molar-refractivity contribution is 0.0622. The Kier molecular flexibility index (Phi) is 6.80. The van der Waals surface area contributed by atoms with Crippen LogP contribution in [0.5, 0.6) is 5.75 Å². The highest BCUT2D eigenvalue weighted by Crippen LogP contribution is 2.30. The van der Waals surface area contributed by atoms with Crippen LogP contribution in [0.3, 0.4) is 0 Å². The molecule has 192 valence electrons. The van der Waals surface area contributed by atoms with Crippen molar-refractivity contribution in [1.29, 1.82) is 0 Å². The fraction of sp³-hybridized carbons (Fsp3) is 0.250. The Labute approximate surface area is 223 Å². The topological polar surface area (TPSA) is 50.6 Å². The van der Waals surface area contributed by atoms with Crippen LogP contribution >= 0.6 is 0 Å². The minimum Gasteiger partial charge on any atom is -0.493 e. The maximum Gasteiger partial charge on any atom is 0.258 e. The average molecular weight is 505 g/mol. The minimum absolute atomic E-state index is 0.0428. The minimum atomic E-state index is 0.0428. The number of amides is 1. The Balaban J connectivity index is 1.20. The van der Waals surface area contributed by atoms with Crippen molar-refractivity contribution in [3.05, 3.63) is 108 Å². The Morgan fingerprint density at radius 1 is 0.816 bits per heavy atom. The molecule has 1 aliphatic heterocycles. The van der Waals surface area contributed by atoms with Crippen molar-refractivity contribution in [3.8, 4) is 5.75 Å². The van der Waals surface area contributed by atoms with Crippen LogP contribution in [0.25, 0.3) is 21.8 Å². The predicted octanol–water partition coefficient (Wildman–Crippen LogP) is 5.59. The monoisotopic (exact) mass is 504 g/mol. The van der Waals surface area contributed by atoms with Crippen molar-refractivity contribution in [2.75, 3.05) is 32.8 Å². The SMILES string of the molecule is CCOc1ccc2ccccc2c1C(=O)N1CCN(Cc2nc3ccccc3n2Cc2ccccc2)CC1. The number of hydrogen-bond acceptors (Lipinski definition) is 4. The van der Waals surface area contributed by atoms with Gasteiger partial charge in [0.15, 0.2) is 0 Å². The quantitative estimate of drug-likeness (QED) is 0.290. The van der Waals surface area contributed by atoms with Crippen LogP contribution in [0.2, 0.25) is 0 Å². The highest BCUT2D eigenvalue weighted by molar-refractivity contribution is 6.09. The lowest BCUT2D eigenvalue weighted by Crippen LogP contribution is -2.48. The van der Waals surface area contributed by atoms with E-state index in [0.717, 1.165) is 53.8 Å². The number of para-hydroxylation sites is 2. The number of nitrogens with zero attached hydrogens (tertiary/aromatic N) is 4. The normalized spacial score (nSPS) is 14.3. The van der Waals surface area contributed by atoms with Crippen molar-refractivity contribution >= 4 is 27.7 Å². The summed E-state index contributed by atoms with van der Waals surface area (Å²) in [5.41, 5.74) is 4.10. The molecule has 38 heavy (non-hydrogen) atoms. The van der Waals surface area contributed by atoms with Gasteiger partial charge in [0.2, 0.25) is 0 Å². The number of rotatable bonds is 7. The van der Waals surface area contributed by atoms with Crippen LogP contribution in [-0.4, -0.2) is 58.0 Å².